The first-order valence-corrected chi connectivity index (χ1v) is 8.21. The number of ether oxygens (including phenoxy) is 1. The van der Waals surface area contributed by atoms with Crippen LogP contribution in [0.3, 0.4) is 0 Å². The number of hydrogen-bond acceptors (Lipinski definition) is 3. The Morgan fingerprint density at radius 1 is 1.30 bits per heavy atom. The van der Waals surface area contributed by atoms with Crippen LogP contribution in [0.25, 0.3) is 0 Å². The average Bonchev–Trinajstić information content (AvgIpc) is 2.45. The monoisotopic (exact) mass is 342 g/mol. The van der Waals surface area contributed by atoms with Crippen molar-refractivity contribution in [3.8, 4) is 0 Å². The molecule has 0 spiro atoms. The van der Waals surface area contributed by atoms with Gasteiger partial charge in [-0.2, -0.15) is 0 Å². The summed E-state index contributed by atoms with van der Waals surface area (Å²) in [6.07, 6.45) is 3.18. The van der Waals surface area contributed by atoms with E-state index >= 15 is 0 Å². The second kappa shape index (κ2) is 9.37. The molecule has 0 heterocycles. The van der Waals surface area contributed by atoms with Gasteiger partial charge in [0, 0.05) is 29.9 Å². The molecule has 0 atom stereocenters. The van der Waals surface area contributed by atoms with E-state index in [0.29, 0.717) is 12.6 Å². The largest absolute Gasteiger partial charge is 0.383 e. The molecule has 2 N–H and O–H groups in total. The van der Waals surface area contributed by atoms with Crippen LogP contribution in [0, 0.1) is 0 Å². The first-order chi connectivity index (χ1) is 9.67. The van der Waals surface area contributed by atoms with Crippen molar-refractivity contribution >= 4 is 21.6 Å². The highest BCUT2D eigenvalue weighted by Gasteiger charge is 2.18. The summed E-state index contributed by atoms with van der Waals surface area (Å²) in [4.78, 5) is 2.47. The lowest BCUT2D eigenvalue weighted by Gasteiger charge is -2.34. The fourth-order valence-corrected chi connectivity index (χ4v) is 3.02. The molecule has 0 aliphatic heterocycles. The Morgan fingerprint density at radius 3 is 2.55 bits per heavy atom. The summed E-state index contributed by atoms with van der Waals surface area (Å²) in [5.41, 5.74) is 8.37. The standard InChI is InChI=1S/C16H27BrN2O/c1-4-15(5-2)19(10-11-20-3)16-7-6-14(17)12-13(16)8-9-18/h6-7,12,15H,4-5,8-11,18H2,1-3H3. The molecule has 0 amide bonds. The first-order valence-electron chi connectivity index (χ1n) is 7.41. The van der Waals surface area contributed by atoms with E-state index in [1.54, 1.807) is 7.11 Å². The fourth-order valence-electron chi connectivity index (χ4n) is 2.61. The van der Waals surface area contributed by atoms with Crippen molar-refractivity contribution in [3.63, 3.8) is 0 Å². The van der Waals surface area contributed by atoms with Gasteiger partial charge in [-0.3, -0.25) is 0 Å². The highest BCUT2D eigenvalue weighted by Crippen LogP contribution is 2.28. The van der Waals surface area contributed by atoms with Gasteiger partial charge >= 0.3 is 0 Å². The summed E-state index contributed by atoms with van der Waals surface area (Å²) in [6, 6.07) is 7.04. The summed E-state index contributed by atoms with van der Waals surface area (Å²) in [5, 5.41) is 0. The van der Waals surface area contributed by atoms with Gasteiger partial charge in [-0.15, -0.1) is 0 Å². The molecule has 4 heteroatoms. The van der Waals surface area contributed by atoms with Gasteiger partial charge in [0.15, 0.2) is 0 Å². The van der Waals surface area contributed by atoms with Gasteiger partial charge in [0.1, 0.15) is 0 Å². The van der Waals surface area contributed by atoms with Crippen LogP contribution in [-0.4, -0.2) is 32.8 Å². The number of halogens is 1. The molecule has 3 nitrogen and oxygen atoms in total. The van der Waals surface area contributed by atoms with E-state index in [9.17, 15) is 0 Å². The topological polar surface area (TPSA) is 38.5 Å². The minimum absolute atomic E-state index is 0.544. The zero-order valence-electron chi connectivity index (χ0n) is 12.9. The molecule has 0 aliphatic carbocycles. The SMILES string of the molecule is CCC(CC)N(CCOC)c1ccc(Br)cc1CCN. The molecule has 0 fully saturated rings. The van der Waals surface area contributed by atoms with Gasteiger partial charge in [-0.25, -0.2) is 0 Å². The van der Waals surface area contributed by atoms with Crippen LogP contribution in [0.4, 0.5) is 5.69 Å². The van der Waals surface area contributed by atoms with Crippen molar-refractivity contribution in [1.82, 2.24) is 0 Å². The molecule has 20 heavy (non-hydrogen) atoms. The third kappa shape index (κ3) is 4.76. The Bertz CT molecular complexity index is 394. The minimum Gasteiger partial charge on any atom is -0.383 e. The zero-order chi connectivity index (χ0) is 15.0. The van der Waals surface area contributed by atoms with Crippen LogP contribution in [0.5, 0.6) is 0 Å². The van der Waals surface area contributed by atoms with Gasteiger partial charge < -0.3 is 15.4 Å². The normalized spacial score (nSPS) is 11.1. The van der Waals surface area contributed by atoms with Gasteiger partial charge in [0.25, 0.3) is 0 Å². The molecule has 0 saturated carbocycles. The van der Waals surface area contributed by atoms with Gasteiger partial charge in [-0.1, -0.05) is 29.8 Å². The molecule has 114 valence electrons. The lowest BCUT2D eigenvalue weighted by molar-refractivity contribution is 0.202. The highest BCUT2D eigenvalue weighted by molar-refractivity contribution is 9.10. The van der Waals surface area contributed by atoms with E-state index < -0.39 is 0 Å². The molecule has 0 unspecified atom stereocenters. The molecule has 0 bridgehead atoms. The van der Waals surface area contributed by atoms with Crippen LogP contribution in [0.1, 0.15) is 32.3 Å². The predicted octanol–water partition coefficient (Wildman–Crippen LogP) is 3.59. The van der Waals surface area contributed by atoms with E-state index in [2.05, 4.69) is 52.9 Å². The Labute approximate surface area is 131 Å². The van der Waals surface area contributed by atoms with Gasteiger partial charge in [-0.05, 0) is 49.6 Å². The predicted molar refractivity (Wildman–Crippen MR) is 90.5 cm³/mol. The van der Waals surface area contributed by atoms with E-state index in [4.69, 9.17) is 10.5 Å². The van der Waals surface area contributed by atoms with E-state index in [1.807, 2.05) is 0 Å². The smallest absolute Gasteiger partial charge is 0.0637 e. The van der Waals surface area contributed by atoms with Crippen LogP contribution in [0.2, 0.25) is 0 Å². The number of anilines is 1. The maximum absolute atomic E-state index is 5.76. The van der Waals surface area contributed by atoms with E-state index in [0.717, 1.165) is 36.9 Å². The first kappa shape index (κ1) is 17.5. The second-order valence-corrected chi connectivity index (χ2v) is 5.88. The maximum Gasteiger partial charge on any atom is 0.0637 e. The lowest BCUT2D eigenvalue weighted by atomic mass is 10.0. The molecule has 1 rings (SSSR count). The van der Waals surface area contributed by atoms with Crippen molar-refractivity contribution in [1.29, 1.82) is 0 Å². The molecule has 1 aromatic carbocycles. The molecule has 0 saturated heterocycles. The van der Waals surface area contributed by atoms with Gasteiger partial charge in [0.2, 0.25) is 0 Å². The molecule has 0 aliphatic rings. The van der Waals surface area contributed by atoms with Crippen molar-refractivity contribution in [2.75, 3.05) is 31.7 Å². The number of benzene rings is 1. The van der Waals surface area contributed by atoms with E-state index in [1.165, 1.54) is 11.3 Å². The zero-order valence-corrected chi connectivity index (χ0v) is 14.4. The van der Waals surface area contributed by atoms with Crippen LogP contribution >= 0.6 is 15.9 Å². The van der Waals surface area contributed by atoms with Crippen LogP contribution in [-0.2, 0) is 11.2 Å². The van der Waals surface area contributed by atoms with Crippen molar-refractivity contribution in [2.45, 2.75) is 39.2 Å². The van der Waals surface area contributed by atoms with Crippen molar-refractivity contribution < 1.29 is 4.74 Å². The summed E-state index contributed by atoms with van der Waals surface area (Å²) in [5.74, 6) is 0. The molecule has 0 aromatic heterocycles. The summed E-state index contributed by atoms with van der Waals surface area (Å²) < 4.78 is 6.39. The average molecular weight is 343 g/mol. The van der Waals surface area contributed by atoms with E-state index in [-0.39, 0.29) is 0 Å². The van der Waals surface area contributed by atoms with Crippen molar-refractivity contribution in [2.24, 2.45) is 5.73 Å². The Hall–Kier alpha value is -0.580. The Balaban J connectivity index is 3.10. The highest BCUT2D eigenvalue weighted by atomic mass is 79.9. The third-order valence-corrected chi connectivity index (χ3v) is 4.18. The summed E-state index contributed by atoms with van der Waals surface area (Å²) >= 11 is 3.56. The minimum atomic E-state index is 0.544. The number of nitrogens with two attached hydrogens (primary N) is 1. The quantitative estimate of drug-likeness (QED) is 0.745. The number of rotatable bonds is 9. The molecular formula is C16H27BrN2O. The van der Waals surface area contributed by atoms with Crippen molar-refractivity contribution in [3.05, 3.63) is 28.2 Å². The maximum atomic E-state index is 5.76. The number of nitrogens with zero attached hydrogens (tertiary/aromatic N) is 1. The molecule has 0 radical (unpaired) electrons. The molecular weight excluding hydrogens is 316 g/mol. The molecule has 1 aromatic rings. The fraction of sp³-hybridized carbons (Fsp3) is 0.625. The lowest BCUT2D eigenvalue weighted by Crippen LogP contribution is -2.37. The number of hydrogen-bond donors (Lipinski definition) is 1. The second-order valence-electron chi connectivity index (χ2n) is 4.97. The Morgan fingerprint density at radius 2 is 2.00 bits per heavy atom. The summed E-state index contributed by atoms with van der Waals surface area (Å²) in [6.45, 7) is 6.83. The van der Waals surface area contributed by atoms with Crippen LogP contribution < -0.4 is 10.6 Å². The third-order valence-electron chi connectivity index (χ3n) is 3.68. The van der Waals surface area contributed by atoms with Crippen LogP contribution in [0.15, 0.2) is 22.7 Å². The number of methoxy groups -OCH3 is 1. The van der Waals surface area contributed by atoms with Gasteiger partial charge in [0.05, 0.1) is 6.61 Å². The summed E-state index contributed by atoms with van der Waals surface area (Å²) in [7, 11) is 1.76. The Kier molecular flexibility index (Phi) is 8.19.